The number of rotatable bonds is 2. The third-order valence-electron chi connectivity index (χ3n) is 3.97. The minimum absolute atomic E-state index is 0.169. The Morgan fingerprint density at radius 2 is 1.90 bits per heavy atom. The fraction of sp³-hybridized carbons (Fsp3) is 0.867. The Kier molecular flexibility index (Phi) is 4.68. The molecule has 20 heavy (non-hydrogen) atoms. The number of nitrogens with one attached hydrogen (secondary N) is 1. The number of alkyl carbamates (subject to hydrolysis) is 1. The van der Waals surface area contributed by atoms with Crippen LogP contribution in [-0.2, 0) is 9.53 Å². The van der Waals surface area contributed by atoms with Gasteiger partial charge in [-0.15, -0.1) is 0 Å². The Morgan fingerprint density at radius 3 is 2.50 bits per heavy atom. The Hall–Kier alpha value is -1.10. The molecule has 0 bridgehead atoms. The van der Waals surface area contributed by atoms with E-state index in [2.05, 4.69) is 10.2 Å². The zero-order chi connectivity index (χ0) is 14.8. The molecular formula is C15H26N2O3. The van der Waals surface area contributed by atoms with Crippen LogP contribution in [0.1, 0.15) is 52.9 Å². The van der Waals surface area contributed by atoms with Gasteiger partial charge >= 0.3 is 6.09 Å². The molecule has 0 radical (unpaired) electrons. The van der Waals surface area contributed by atoms with Crippen molar-refractivity contribution < 1.29 is 14.3 Å². The number of nitrogens with zero attached hydrogens (tertiary/aromatic N) is 1. The molecule has 1 N–H and O–H groups in total. The Morgan fingerprint density at radius 1 is 1.25 bits per heavy atom. The topological polar surface area (TPSA) is 58.6 Å². The predicted molar refractivity (Wildman–Crippen MR) is 76.6 cm³/mol. The average molecular weight is 282 g/mol. The van der Waals surface area contributed by atoms with Gasteiger partial charge in [-0.25, -0.2) is 4.79 Å². The SMILES string of the molecule is CC(C)(C)OC(=O)N[C@@H]1CCN(C2CCC(=O)CC2)C1. The molecular weight excluding hydrogens is 256 g/mol. The van der Waals surface area contributed by atoms with Crippen molar-refractivity contribution in [2.45, 2.75) is 70.6 Å². The van der Waals surface area contributed by atoms with Crippen LogP contribution in [0.5, 0.6) is 0 Å². The molecule has 1 saturated heterocycles. The molecule has 114 valence electrons. The highest BCUT2D eigenvalue weighted by molar-refractivity contribution is 5.79. The third-order valence-corrected chi connectivity index (χ3v) is 3.97. The number of hydrogen-bond donors (Lipinski definition) is 1. The summed E-state index contributed by atoms with van der Waals surface area (Å²) in [7, 11) is 0. The molecule has 0 aromatic heterocycles. The largest absolute Gasteiger partial charge is 0.444 e. The summed E-state index contributed by atoms with van der Waals surface area (Å²) in [5.41, 5.74) is -0.452. The molecule has 2 aliphatic rings. The second-order valence-electron chi connectivity index (χ2n) is 6.90. The zero-order valence-electron chi connectivity index (χ0n) is 12.8. The molecule has 1 aliphatic carbocycles. The molecule has 2 fully saturated rings. The lowest BCUT2D eigenvalue weighted by Crippen LogP contribution is -2.42. The minimum atomic E-state index is -0.452. The van der Waals surface area contributed by atoms with E-state index in [-0.39, 0.29) is 12.1 Å². The number of ketones is 1. The number of Topliss-reactive ketones (excluding diaryl/α,β-unsaturated/α-hetero) is 1. The molecule has 1 heterocycles. The molecule has 1 amide bonds. The van der Waals surface area contributed by atoms with Gasteiger partial charge in [0.2, 0.25) is 0 Å². The summed E-state index contributed by atoms with van der Waals surface area (Å²) in [4.78, 5) is 25.4. The lowest BCUT2D eigenvalue weighted by Gasteiger charge is -2.30. The first-order chi connectivity index (χ1) is 9.33. The van der Waals surface area contributed by atoms with E-state index in [1.54, 1.807) is 0 Å². The lowest BCUT2D eigenvalue weighted by atomic mass is 9.93. The Labute approximate surface area is 121 Å². The number of hydrogen-bond acceptors (Lipinski definition) is 4. The van der Waals surface area contributed by atoms with Gasteiger partial charge in [-0.3, -0.25) is 9.69 Å². The van der Waals surface area contributed by atoms with E-state index in [0.29, 0.717) is 24.7 Å². The maximum atomic E-state index is 11.7. The van der Waals surface area contributed by atoms with Gasteiger partial charge < -0.3 is 10.1 Å². The first kappa shape index (κ1) is 15.3. The normalized spacial score (nSPS) is 25.8. The van der Waals surface area contributed by atoms with E-state index in [0.717, 1.165) is 32.4 Å². The van der Waals surface area contributed by atoms with E-state index in [1.165, 1.54) is 0 Å². The molecule has 5 heteroatoms. The number of ether oxygens (including phenoxy) is 1. The van der Waals surface area contributed by atoms with Crippen molar-refractivity contribution in [3.63, 3.8) is 0 Å². The summed E-state index contributed by atoms with van der Waals surface area (Å²) in [5.74, 6) is 0.392. The fourth-order valence-electron chi connectivity index (χ4n) is 3.00. The van der Waals surface area contributed by atoms with Gasteiger partial charge in [-0.2, -0.15) is 0 Å². The van der Waals surface area contributed by atoms with Crippen molar-refractivity contribution in [2.24, 2.45) is 0 Å². The summed E-state index contributed by atoms with van der Waals surface area (Å²) in [6, 6.07) is 0.681. The van der Waals surface area contributed by atoms with Crippen LogP contribution in [-0.4, -0.2) is 47.6 Å². The van der Waals surface area contributed by atoms with Crippen molar-refractivity contribution in [1.29, 1.82) is 0 Å². The van der Waals surface area contributed by atoms with Crippen LogP contribution >= 0.6 is 0 Å². The van der Waals surface area contributed by atoms with Gasteiger partial charge in [0.1, 0.15) is 11.4 Å². The Balaban J connectivity index is 1.75. The number of carbonyl (C=O) groups is 2. The molecule has 1 saturated carbocycles. The smallest absolute Gasteiger partial charge is 0.407 e. The molecule has 0 aromatic rings. The maximum absolute atomic E-state index is 11.7. The third kappa shape index (κ3) is 4.47. The number of carbonyl (C=O) groups excluding carboxylic acids is 2. The molecule has 0 unspecified atom stereocenters. The van der Waals surface area contributed by atoms with Gasteiger partial charge in [0.05, 0.1) is 0 Å². The van der Waals surface area contributed by atoms with Gasteiger partial charge in [-0.1, -0.05) is 0 Å². The van der Waals surface area contributed by atoms with Crippen LogP contribution in [0.25, 0.3) is 0 Å². The molecule has 0 spiro atoms. The van der Waals surface area contributed by atoms with E-state index < -0.39 is 5.60 Å². The van der Waals surface area contributed by atoms with Crippen molar-refractivity contribution in [3.8, 4) is 0 Å². The highest BCUT2D eigenvalue weighted by Gasteiger charge is 2.32. The predicted octanol–water partition coefficient (Wildman–Crippen LogP) is 2.10. The molecule has 2 rings (SSSR count). The standard InChI is InChI=1S/C15H26N2O3/c1-15(2,3)20-14(19)16-11-8-9-17(10-11)12-4-6-13(18)7-5-12/h11-12H,4-10H2,1-3H3,(H,16,19)/t11-/m1/s1. The number of amides is 1. The van der Waals surface area contributed by atoms with Crippen LogP contribution < -0.4 is 5.32 Å². The van der Waals surface area contributed by atoms with E-state index >= 15 is 0 Å². The fourth-order valence-corrected chi connectivity index (χ4v) is 3.00. The first-order valence-corrected chi connectivity index (χ1v) is 7.59. The van der Waals surface area contributed by atoms with E-state index in [9.17, 15) is 9.59 Å². The zero-order valence-corrected chi connectivity index (χ0v) is 12.8. The van der Waals surface area contributed by atoms with Gasteiger partial charge in [0, 0.05) is 38.0 Å². The second kappa shape index (κ2) is 6.12. The van der Waals surface area contributed by atoms with Crippen LogP contribution in [0, 0.1) is 0 Å². The maximum Gasteiger partial charge on any atom is 0.407 e. The average Bonchev–Trinajstić information content (AvgIpc) is 2.75. The van der Waals surface area contributed by atoms with Gasteiger partial charge in [-0.05, 0) is 40.0 Å². The monoisotopic (exact) mass is 282 g/mol. The first-order valence-electron chi connectivity index (χ1n) is 7.59. The van der Waals surface area contributed by atoms with Crippen molar-refractivity contribution in [3.05, 3.63) is 0 Å². The summed E-state index contributed by atoms with van der Waals surface area (Å²) < 4.78 is 5.28. The highest BCUT2D eigenvalue weighted by Crippen LogP contribution is 2.24. The van der Waals surface area contributed by atoms with Crippen LogP contribution in [0.15, 0.2) is 0 Å². The van der Waals surface area contributed by atoms with Crippen LogP contribution in [0.4, 0.5) is 4.79 Å². The van der Waals surface area contributed by atoms with Crippen molar-refractivity contribution in [1.82, 2.24) is 10.2 Å². The highest BCUT2D eigenvalue weighted by atomic mass is 16.6. The minimum Gasteiger partial charge on any atom is -0.444 e. The summed E-state index contributed by atoms with van der Waals surface area (Å²) in [6.45, 7) is 7.48. The quantitative estimate of drug-likeness (QED) is 0.842. The summed E-state index contributed by atoms with van der Waals surface area (Å²) in [5, 5.41) is 2.94. The Bertz CT molecular complexity index is 366. The molecule has 1 atom stereocenters. The van der Waals surface area contributed by atoms with Crippen LogP contribution in [0.3, 0.4) is 0 Å². The lowest BCUT2D eigenvalue weighted by molar-refractivity contribution is -0.121. The van der Waals surface area contributed by atoms with Crippen LogP contribution in [0.2, 0.25) is 0 Å². The number of likely N-dealkylation sites (tertiary alicyclic amines) is 1. The molecule has 0 aromatic carbocycles. The van der Waals surface area contributed by atoms with Gasteiger partial charge in [0.25, 0.3) is 0 Å². The van der Waals surface area contributed by atoms with E-state index in [4.69, 9.17) is 4.74 Å². The van der Waals surface area contributed by atoms with Gasteiger partial charge in [0.15, 0.2) is 0 Å². The summed E-state index contributed by atoms with van der Waals surface area (Å²) >= 11 is 0. The molecule has 1 aliphatic heterocycles. The van der Waals surface area contributed by atoms with E-state index in [1.807, 2.05) is 20.8 Å². The van der Waals surface area contributed by atoms with Crippen molar-refractivity contribution >= 4 is 11.9 Å². The van der Waals surface area contributed by atoms with Crippen molar-refractivity contribution in [2.75, 3.05) is 13.1 Å². The second-order valence-corrected chi connectivity index (χ2v) is 6.90. The molecule has 5 nitrogen and oxygen atoms in total. The summed E-state index contributed by atoms with van der Waals surface area (Å²) in [6.07, 6.45) is 4.00.